The molecule has 1 aromatic rings. The molecule has 1 fully saturated rings. The number of benzene rings is 1. The van der Waals surface area contributed by atoms with Crippen molar-refractivity contribution < 1.29 is 4.79 Å². The number of rotatable bonds is 4. The average molecular weight is 281 g/mol. The normalized spacial score (nSPS) is 18.7. The van der Waals surface area contributed by atoms with E-state index in [-0.39, 0.29) is 5.91 Å². The van der Waals surface area contributed by atoms with E-state index in [4.69, 9.17) is 11.6 Å². The Bertz CT molecular complexity index is 461. The number of amides is 1. The summed E-state index contributed by atoms with van der Waals surface area (Å²) >= 11 is 6.00. The van der Waals surface area contributed by atoms with Gasteiger partial charge in [-0.3, -0.25) is 4.79 Å². The van der Waals surface area contributed by atoms with Gasteiger partial charge >= 0.3 is 0 Å². The van der Waals surface area contributed by atoms with Crippen LogP contribution in [0.2, 0.25) is 5.02 Å². The predicted octanol–water partition coefficient (Wildman–Crippen LogP) is 3.64. The van der Waals surface area contributed by atoms with Gasteiger partial charge in [0.15, 0.2) is 0 Å². The number of nitrogens with zero attached hydrogens (tertiary/aromatic N) is 1. The summed E-state index contributed by atoms with van der Waals surface area (Å²) in [5.41, 5.74) is 1.51. The molecule has 1 amide bonds. The third-order valence-corrected chi connectivity index (χ3v) is 3.99. The van der Waals surface area contributed by atoms with Gasteiger partial charge in [-0.15, -0.1) is 0 Å². The Hall–Kier alpha value is -1.22. The number of hydrogen-bond donors (Lipinski definition) is 1. The highest BCUT2D eigenvalue weighted by Crippen LogP contribution is 2.26. The standard InChI is InChI=1S/C15H21ClN2O/c1-3-4-11-7-8-18(10-11)15(19)13-9-12(16)5-6-14(13)17-2/h5-6,9,11,17H,3-4,7-8,10H2,1-2H3. The average Bonchev–Trinajstić information content (AvgIpc) is 2.87. The fraction of sp³-hybridized carbons (Fsp3) is 0.533. The van der Waals surface area contributed by atoms with Crippen LogP contribution in [0.3, 0.4) is 0 Å². The van der Waals surface area contributed by atoms with Gasteiger partial charge in [-0.1, -0.05) is 24.9 Å². The van der Waals surface area contributed by atoms with Crippen LogP contribution < -0.4 is 5.32 Å². The molecule has 19 heavy (non-hydrogen) atoms. The first-order valence-corrected chi connectivity index (χ1v) is 7.30. The van der Waals surface area contributed by atoms with Crippen LogP contribution in [0.5, 0.6) is 0 Å². The van der Waals surface area contributed by atoms with Gasteiger partial charge in [-0.2, -0.15) is 0 Å². The summed E-state index contributed by atoms with van der Waals surface area (Å²) in [5, 5.41) is 3.66. The molecule has 1 aliphatic rings. The molecule has 104 valence electrons. The molecule has 0 spiro atoms. The molecule has 1 aromatic carbocycles. The van der Waals surface area contributed by atoms with Crippen molar-refractivity contribution in [1.29, 1.82) is 0 Å². The second-order valence-electron chi connectivity index (χ2n) is 5.13. The summed E-state index contributed by atoms with van der Waals surface area (Å²) in [4.78, 5) is 14.5. The molecule has 1 aliphatic heterocycles. The smallest absolute Gasteiger partial charge is 0.256 e. The van der Waals surface area contributed by atoms with E-state index in [0.717, 1.165) is 25.2 Å². The molecule has 0 aromatic heterocycles. The minimum atomic E-state index is 0.0884. The van der Waals surface area contributed by atoms with Crippen molar-refractivity contribution in [2.45, 2.75) is 26.2 Å². The molecule has 0 radical (unpaired) electrons. The van der Waals surface area contributed by atoms with Crippen molar-refractivity contribution in [3.05, 3.63) is 28.8 Å². The third kappa shape index (κ3) is 3.21. The van der Waals surface area contributed by atoms with Crippen molar-refractivity contribution in [3.8, 4) is 0 Å². The van der Waals surface area contributed by atoms with Crippen LogP contribution in [-0.4, -0.2) is 30.9 Å². The monoisotopic (exact) mass is 280 g/mol. The largest absolute Gasteiger partial charge is 0.387 e. The molecule has 4 heteroatoms. The van der Waals surface area contributed by atoms with E-state index in [1.165, 1.54) is 12.8 Å². The van der Waals surface area contributed by atoms with Crippen LogP contribution >= 0.6 is 11.6 Å². The zero-order chi connectivity index (χ0) is 13.8. The predicted molar refractivity (Wildman–Crippen MR) is 79.9 cm³/mol. The van der Waals surface area contributed by atoms with Gasteiger partial charge < -0.3 is 10.2 Å². The lowest BCUT2D eigenvalue weighted by molar-refractivity contribution is 0.0787. The molecule has 1 heterocycles. The second-order valence-corrected chi connectivity index (χ2v) is 5.57. The van der Waals surface area contributed by atoms with Gasteiger partial charge in [0.05, 0.1) is 5.56 Å². The fourth-order valence-electron chi connectivity index (χ4n) is 2.74. The van der Waals surface area contributed by atoms with Gasteiger partial charge in [-0.05, 0) is 37.0 Å². The third-order valence-electron chi connectivity index (χ3n) is 3.75. The summed E-state index contributed by atoms with van der Waals surface area (Å²) in [6.45, 7) is 3.93. The quantitative estimate of drug-likeness (QED) is 0.913. The first kappa shape index (κ1) is 14.2. The molecule has 0 bridgehead atoms. The lowest BCUT2D eigenvalue weighted by Crippen LogP contribution is -2.29. The van der Waals surface area contributed by atoms with Gasteiger partial charge in [0.1, 0.15) is 0 Å². The SMILES string of the molecule is CCCC1CCN(C(=O)c2cc(Cl)ccc2NC)C1. The highest BCUT2D eigenvalue weighted by molar-refractivity contribution is 6.31. The Morgan fingerprint density at radius 1 is 1.53 bits per heavy atom. The van der Waals surface area contributed by atoms with E-state index in [2.05, 4.69) is 12.2 Å². The minimum absolute atomic E-state index is 0.0884. The van der Waals surface area contributed by atoms with Crippen molar-refractivity contribution in [1.82, 2.24) is 4.90 Å². The van der Waals surface area contributed by atoms with E-state index >= 15 is 0 Å². The Kier molecular flexibility index (Phi) is 4.70. The number of carbonyl (C=O) groups is 1. The number of halogens is 1. The first-order chi connectivity index (χ1) is 9.15. The molecule has 1 saturated heterocycles. The van der Waals surface area contributed by atoms with E-state index in [0.29, 0.717) is 16.5 Å². The van der Waals surface area contributed by atoms with E-state index in [9.17, 15) is 4.79 Å². The summed E-state index contributed by atoms with van der Waals surface area (Å²) in [6.07, 6.45) is 3.51. The van der Waals surface area contributed by atoms with Crippen LogP contribution in [0.4, 0.5) is 5.69 Å². The molecule has 2 rings (SSSR count). The topological polar surface area (TPSA) is 32.3 Å². The van der Waals surface area contributed by atoms with Crippen molar-refractivity contribution in [2.24, 2.45) is 5.92 Å². The van der Waals surface area contributed by atoms with Gasteiger partial charge in [0.25, 0.3) is 5.91 Å². The summed E-state index contributed by atoms with van der Waals surface area (Å²) in [7, 11) is 1.82. The molecular weight excluding hydrogens is 260 g/mol. The Morgan fingerprint density at radius 3 is 3.00 bits per heavy atom. The van der Waals surface area contributed by atoms with Gasteiger partial charge in [0, 0.05) is 30.8 Å². The minimum Gasteiger partial charge on any atom is -0.387 e. The maximum atomic E-state index is 12.6. The van der Waals surface area contributed by atoms with Gasteiger partial charge in [-0.25, -0.2) is 0 Å². The Labute approximate surface area is 119 Å². The van der Waals surface area contributed by atoms with Crippen molar-refractivity contribution in [2.75, 3.05) is 25.5 Å². The fourth-order valence-corrected chi connectivity index (χ4v) is 2.91. The van der Waals surface area contributed by atoms with E-state index in [1.807, 2.05) is 18.0 Å². The van der Waals surface area contributed by atoms with Gasteiger partial charge in [0.2, 0.25) is 0 Å². The highest BCUT2D eigenvalue weighted by Gasteiger charge is 2.27. The summed E-state index contributed by atoms with van der Waals surface area (Å²) < 4.78 is 0. The van der Waals surface area contributed by atoms with Crippen LogP contribution in [0.25, 0.3) is 0 Å². The van der Waals surface area contributed by atoms with Crippen LogP contribution in [-0.2, 0) is 0 Å². The Morgan fingerprint density at radius 2 is 2.32 bits per heavy atom. The summed E-state index contributed by atoms with van der Waals surface area (Å²) in [6, 6.07) is 5.41. The molecule has 1 N–H and O–H groups in total. The molecular formula is C15H21ClN2O. The molecule has 0 aliphatic carbocycles. The Balaban J connectivity index is 2.14. The number of likely N-dealkylation sites (tertiary alicyclic amines) is 1. The summed E-state index contributed by atoms with van der Waals surface area (Å²) in [5.74, 6) is 0.747. The lowest BCUT2D eigenvalue weighted by atomic mass is 10.0. The lowest BCUT2D eigenvalue weighted by Gasteiger charge is -2.18. The van der Waals surface area contributed by atoms with Crippen molar-refractivity contribution in [3.63, 3.8) is 0 Å². The highest BCUT2D eigenvalue weighted by atomic mass is 35.5. The van der Waals surface area contributed by atoms with Crippen LogP contribution in [0.15, 0.2) is 18.2 Å². The first-order valence-electron chi connectivity index (χ1n) is 6.92. The molecule has 1 unspecified atom stereocenters. The molecule has 0 saturated carbocycles. The molecule has 3 nitrogen and oxygen atoms in total. The van der Waals surface area contributed by atoms with E-state index in [1.54, 1.807) is 12.1 Å². The number of nitrogens with one attached hydrogen (secondary N) is 1. The van der Waals surface area contributed by atoms with Crippen LogP contribution in [0, 0.1) is 5.92 Å². The maximum Gasteiger partial charge on any atom is 0.256 e. The zero-order valence-electron chi connectivity index (χ0n) is 11.6. The van der Waals surface area contributed by atoms with Crippen LogP contribution in [0.1, 0.15) is 36.5 Å². The van der Waals surface area contributed by atoms with Crippen molar-refractivity contribution >= 4 is 23.2 Å². The molecule has 1 atom stereocenters. The number of hydrogen-bond acceptors (Lipinski definition) is 2. The maximum absolute atomic E-state index is 12.6. The van der Waals surface area contributed by atoms with E-state index < -0.39 is 0 Å². The number of anilines is 1. The zero-order valence-corrected chi connectivity index (χ0v) is 12.3. The number of carbonyl (C=O) groups excluding carboxylic acids is 1. The second kappa shape index (κ2) is 6.29.